The molecule has 25 heavy (non-hydrogen) atoms. The molecule has 0 amide bonds. The Balaban J connectivity index is 0.000000705. The van der Waals surface area contributed by atoms with Crippen molar-refractivity contribution in [2.75, 3.05) is 0 Å². The highest BCUT2D eigenvalue weighted by molar-refractivity contribution is 5.79. The summed E-state index contributed by atoms with van der Waals surface area (Å²) in [5.41, 5.74) is 7.21. The van der Waals surface area contributed by atoms with Gasteiger partial charge in [0.05, 0.1) is 0 Å². The normalized spacial score (nSPS) is 10.2. The third-order valence-electron chi connectivity index (χ3n) is 4.24. The van der Waals surface area contributed by atoms with Crippen LogP contribution in [0.3, 0.4) is 0 Å². The maximum absolute atomic E-state index is 4.20. The van der Waals surface area contributed by atoms with E-state index in [-0.39, 0.29) is 0 Å². The molecule has 0 aliphatic rings. The van der Waals surface area contributed by atoms with Gasteiger partial charge in [0.2, 0.25) is 0 Å². The lowest BCUT2D eigenvalue weighted by Gasteiger charge is -2.07. The molecule has 2 aromatic carbocycles. The van der Waals surface area contributed by atoms with Gasteiger partial charge in [-0.25, -0.2) is 0 Å². The van der Waals surface area contributed by atoms with E-state index in [9.17, 15) is 0 Å². The van der Waals surface area contributed by atoms with Gasteiger partial charge in [-0.05, 0) is 52.8 Å². The third-order valence-corrected chi connectivity index (χ3v) is 4.24. The van der Waals surface area contributed by atoms with Gasteiger partial charge < -0.3 is 0 Å². The predicted molar refractivity (Wildman–Crippen MR) is 116 cm³/mol. The molecule has 0 saturated carbocycles. The molecule has 0 heterocycles. The summed E-state index contributed by atoms with van der Waals surface area (Å²) in [5.74, 6) is 0. The minimum atomic E-state index is 1.02. The van der Waals surface area contributed by atoms with Gasteiger partial charge in [-0.1, -0.05) is 101 Å². The lowest BCUT2D eigenvalue weighted by atomic mass is 9.98. The van der Waals surface area contributed by atoms with Gasteiger partial charge >= 0.3 is 0 Å². The molecular weight excluding hydrogens is 300 g/mol. The van der Waals surface area contributed by atoms with E-state index in [0.717, 1.165) is 12.0 Å². The van der Waals surface area contributed by atoms with Crippen molar-refractivity contribution in [1.82, 2.24) is 0 Å². The number of aryl methyl sites for hydroxylation is 2. The molecular formula is C25H32. The first-order chi connectivity index (χ1) is 12.1. The van der Waals surface area contributed by atoms with Crippen molar-refractivity contribution in [1.29, 1.82) is 0 Å². The summed E-state index contributed by atoms with van der Waals surface area (Å²) in [6, 6.07) is 14.8. The first-order valence-corrected chi connectivity index (χ1v) is 9.25. The Morgan fingerprint density at radius 2 is 1.68 bits per heavy atom. The van der Waals surface area contributed by atoms with E-state index in [0.29, 0.717) is 0 Å². The Hall–Kier alpha value is -2.34. The monoisotopic (exact) mass is 332 g/mol. The van der Waals surface area contributed by atoms with E-state index < -0.39 is 0 Å². The molecule has 2 aromatic rings. The van der Waals surface area contributed by atoms with Crippen molar-refractivity contribution in [2.45, 2.75) is 47.0 Å². The Labute approximate surface area is 154 Å². The summed E-state index contributed by atoms with van der Waals surface area (Å²) in [6.07, 6.45) is 9.76. The minimum absolute atomic E-state index is 1.02. The molecule has 2 rings (SSSR count). The summed E-state index contributed by atoms with van der Waals surface area (Å²) in [5, 5.41) is 0. The second-order valence-electron chi connectivity index (χ2n) is 6.19. The first-order valence-electron chi connectivity index (χ1n) is 9.25. The molecule has 0 bridgehead atoms. The van der Waals surface area contributed by atoms with Crippen LogP contribution in [0.25, 0.3) is 17.7 Å². The quantitative estimate of drug-likeness (QED) is 0.475. The second-order valence-corrected chi connectivity index (χ2v) is 6.19. The van der Waals surface area contributed by atoms with Crippen LogP contribution < -0.4 is 0 Å². The van der Waals surface area contributed by atoms with Crippen molar-refractivity contribution in [3.8, 4) is 0 Å². The molecule has 0 spiro atoms. The summed E-state index contributed by atoms with van der Waals surface area (Å²) in [4.78, 5) is 0. The first kappa shape index (κ1) is 20.7. The standard InChI is InChI=1S/C21H22.C4H10/c1-5-19-9-7-8-10-21(19)17(4)12-14-18-13-11-16(3)20(6-2)15-18;1-3-4-2/h6-15H,2,4-5H2,1,3H3;3-4H2,1-2H3/b14-12+;. The summed E-state index contributed by atoms with van der Waals surface area (Å²) >= 11 is 0. The highest BCUT2D eigenvalue weighted by Gasteiger charge is 2.01. The number of unbranched alkanes of at least 4 members (excludes halogenated alkanes) is 1. The van der Waals surface area contributed by atoms with Gasteiger partial charge in [0.1, 0.15) is 0 Å². The van der Waals surface area contributed by atoms with Crippen LogP contribution in [-0.2, 0) is 6.42 Å². The minimum Gasteiger partial charge on any atom is -0.0985 e. The molecule has 0 atom stereocenters. The van der Waals surface area contributed by atoms with Crippen molar-refractivity contribution in [3.05, 3.63) is 89.5 Å². The molecule has 0 unspecified atom stereocenters. The fraction of sp³-hybridized carbons (Fsp3) is 0.280. The van der Waals surface area contributed by atoms with Crippen molar-refractivity contribution in [3.63, 3.8) is 0 Å². The molecule has 0 nitrogen and oxygen atoms in total. The number of rotatable bonds is 6. The molecule has 132 valence electrons. The van der Waals surface area contributed by atoms with Crippen molar-refractivity contribution < 1.29 is 0 Å². The molecule has 0 aromatic heterocycles. The van der Waals surface area contributed by atoms with Crippen LogP contribution in [0.4, 0.5) is 0 Å². The van der Waals surface area contributed by atoms with Crippen LogP contribution in [-0.4, -0.2) is 0 Å². The maximum Gasteiger partial charge on any atom is -0.0158 e. The van der Waals surface area contributed by atoms with E-state index in [1.165, 1.54) is 40.7 Å². The van der Waals surface area contributed by atoms with Gasteiger partial charge in [-0.2, -0.15) is 0 Å². The average Bonchev–Trinajstić information content (AvgIpc) is 2.67. The Morgan fingerprint density at radius 3 is 2.28 bits per heavy atom. The number of hydrogen-bond acceptors (Lipinski definition) is 0. The highest BCUT2D eigenvalue weighted by atomic mass is 14.1. The van der Waals surface area contributed by atoms with E-state index in [4.69, 9.17) is 0 Å². The SMILES string of the molecule is C=Cc1cc(/C=C/C(=C)c2ccccc2CC)ccc1C.CCCC. The molecule has 0 radical (unpaired) electrons. The maximum atomic E-state index is 4.20. The van der Waals surface area contributed by atoms with Crippen LogP contribution in [0.15, 0.2) is 61.7 Å². The van der Waals surface area contributed by atoms with Gasteiger partial charge in [-0.3, -0.25) is 0 Å². The smallest absolute Gasteiger partial charge is 0.0158 e. The molecule has 0 heteroatoms. The lowest BCUT2D eigenvalue weighted by Crippen LogP contribution is -1.89. The number of hydrogen-bond donors (Lipinski definition) is 0. The van der Waals surface area contributed by atoms with E-state index >= 15 is 0 Å². The fourth-order valence-corrected chi connectivity index (χ4v) is 2.41. The molecule has 0 saturated heterocycles. The van der Waals surface area contributed by atoms with Crippen LogP contribution in [0.5, 0.6) is 0 Å². The van der Waals surface area contributed by atoms with Gasteiger partial charge in [0, 0.05) is 0 Å². The zero-order valence-electron chi connectivity index (χ0n) is 16.3. The fourth-order valence-electron chi connectivity index (χ4n) is 2.41. The Kier molecular flexibility index (Phi) is 9.32. The predicted octanol–water partition coefficient (Wildman–Crippen LogP) is 7.73. The van der Waals surface area contributed by atoms with Crippen LogP contribution in [0.1, 0.15) is 61.4 Å². The Bertz CT molecular complexity index is 715. The molecule has 0 fully saturated rings. The topological polar surface area (TPSA) is 0 Å². The van der Waals surface area contributed by atoms with Crippen LogP contribution >= 0.6 is 0 Å². The number of allylic oxidation sites excluding steroid dienone is 2. The van der Waals surface area contributed by atoms with E-state index in [2.05, 4.69) is 95.5 Å². The molecule has 0 aliphatic heterocycles. The van der Waals surface area contributed by atoms with E-state index in [1.807, 2.05) is 6.08 Å². The van der Waals surface area contributed by atoms with Gasteiger partial charge in [0.25, 0.3) is 0 Å². The molecule has 0 N–H and O–H groups in total. The second kappa shape index (κ2) is 11.3. The lowest BCUT2D eigenvalue weighted by molar-refractivity contribution is 0.886. The summed E-state index contributed by atoms with van der Waals surface area (Å²) in [7, 11) is 0. The zero-order chi connectivity index (χ0) is 18.7. The van der Waals surface area contributed by atoms with Crippen LogP contribution in [0.2, 0.25) is 0 Å². The van der Waals surface area contributed by atoms with Gasteiger partial charge in [0.15, 0.2) is 0 Å². The Morgan fingerprint density at radius 1 is 1.00 bits per heavy atom. The summed E-state index contributed by atoms with van der Waals surface area (Å²) in [6.45, 7) is 16.7. The zero-order valence-corrected chi connectivity index (χ0v) is 16.3. The van der Waals surface area contributed by atoms with Crippen LogP contribution in [0, 0.1) is 6.92 Å². The average molecular weight is 333 g/mol. The largest absolute Gasteiger partial charge is 0.0985 e. The summed E-state index contributed by atoms with van der Waals surface area (Å²) < 4.78 is 0. The van der Waals surface area contributed by atoms with Crippen molar-refractivity contribution >= 4 is 17.7 Å². The van der Waals surface area contributed by atoms with Gasteiger partial charge in [-0.15, -0.1) is 0 Å². The number of benzene rings is 2. The van der Waals surface area contributed by atoms with Crippen molar-refractivity contribution in [2.24, 2.45) is 0 Å². The highest BCUT2D eigenvalue weighted by Crippen LogP contribution is 2.21. The third kappa shape index (κ3) is 6.58. The van der Waals surface area contributed by atoms with E-state index in [1.54, 1.807) is 0 Å². The molecule has 0 aliphatic carbocycles.